The summed E-state index contributed by atoms with van der Waals surface area (Å²) in [5.41, 5.74) is 0.424. The van der Waals surface area contributed by atoms with E-state index in [4.69, 9.17) is 4.52 Å². The topological polar surface area (TPSA) is 58.4 Å². The number of hydrogen-bond donors (Lipinski definition) is 1. The summed E-state index contributed by atoms with van der Waals surface area (Å²) in [6, 6.07) is 1.70. The van der Waals surface area contributed by atoms with Gasteiger partial charge in [-0.2, -0.15) is 0 Å². The van der Waals surface area contributed by atoms with Crippen LogP contribution < -0.4 is 5.32 Å². The van der Waals surface area contributed by atoms with Crippen molar-refractivity contribution in [2.24, 2.45) is 5.92 Å². The number of carbonyl (C=O) groups excluding carboxylic acids is 1. The number of likely N-dealkylation sites (tertiary alicyclic amines) is 1. The molecular weight excluding hydrogens is 254 g/mol. The fourth-order valence-electron chi connectivity index (χ4n) is 2.33. The van der Waals surface area contributed by atoms with Gasteiger partial charge in [0.15, 0.2) is 5.69 Å². The van der Waals surface area contributed by atoms with Gasteiger partial charge in [-0.05, 0) is 39.3 Å². The third kappa shape index (κ3) is 3.46. The van der Waals surface area contributed by atoms with E-state index < -0.39 is 0 Å². The monoisotopic (exact) mass is 273 g/mol. The quantitative estimate of drug-likeness (QED) is 0.906. The summed E-state index contributed by atoms with van der Waals surface area (Å²) in [6.07, 6.45) is 2.25. The van der Waals surface area contributed by atoms with Gasteiger partial charge in [0, 0.05) is 19.2 Å². The lowest BCUT2D eigenvalue weighted by Gasteiger charge is -2.32. The van der Waals surface area contributed by atoms with Crippen LogP contribution in [0.5, 0.6) is 0 Å². The molecule has 0 aromatic carbocycles. The largest absolute Gasteiger partial charge is 0.361 e. The number of hydrogen-bond acceptors (Lipinski definition) is 4. The van der Waals surface area contributed by atoms with E-state index in [9.17, 15) is 4.79 Å². The van der Waals surface area contributed by atoms with Crippen LogP contribution in [0.25, 0.3) is 0 Å². The normalized spacial score (nSPS) is 19.4. The molecule has 1 fully saturated rings. The molecule has 1 atom stereocenters. The fourth-order valence-corrected chi connectivity index (χ4v) is 2.33. The molecule has 5 nitrogen and oxygen atoms in total. The van der Waals surface area contributed by atoms with Gasteiger partial charge in [-0.1, -0.05) is 5.16 Å². The van der Waals surface area contributed by atoms with Crippen molar-refractivity contribution < 1.29 is 9.32 Å². The lowest BCUT2D eigenvalue weighted by atomic mass is 9.98. The zero-order chi connectivity index (χ0) is 12.3. The minimum atomic E-state index is -0.0114. The van der Waals surface area contributed by atoms with Gasteiger partial charge in [-0.25, -0.2) is 0 Å². The number of nitrogens with zero attached hydrogens (tertiary/aromatic N) is 2. The SMILES string of the molecule is CNCC1CCCN(C(=O)c2cc(C)on2)C1.Cl. The molecule has 1 N–H and O–H groups in total. The van der Waals surface area contributed by atoms with Crippen molar-refractivity contribution in [1.29, 1.82) is 0 Å². The lowest BCUT2D eigenvalue weighted by molar-refractivity contribution is 0.0664. The first-order valence-electron chi connectivity index (χ1n) is 6.08. The van der Waals surface area contributed by atoms with Gasteiger partial charge in [-0.3, -0.25) is 4.79 Å². The molecule has 1 aliphatic rings. The minimum Gasteiger partial charge on any atom is -0.361 e. The molecule has 1 aliphatic heterocycles. The zero-order valence-electron chi connectivity index (χ0n) is 10.8. The van der Waals surface area contributed by atoms with E-state index in [1.165, 1.54) is 6.42 Å². The summed E-state index contributed by atoms with van der Waals surface area (Å²) in [6.45, 7) is 4.39. The maximum atomic E-state index is 12.1. The molecular formula is C12H20ClN3O2. The Kier molecular flexibility index (Phi) is 5.62. The van der Waals surface area contributed by atoms with Crippen LogP contribution in [0.3, 0.4) is 0 Å². The first kappa shape index (κ1) is 15.0. The van der Waals surface area contributed by atoms with Gasteiger partial charge in [-0.15, -0.1) is 12.4 Å². The highest BCUT2D eigenvalue weighted by Crippen LogP contribution is 2.18. The molecule has 1 saturated heterocycles. The summed E-state index contributed by atoms with van der Waals surface area (Å²) < 4.78 is 4.94. The van der Waals surface area contributed by atoms with E-state index in [2.05, 4.69) is 10.5 Å². The highest BCUT2D eigenvalue weighted by atomic mass is 35.5. The Morgan fingerprint density at radius 1 is 1.67 bits per heavy atom. The third-order valence-electron chi connectivity index (χ3n) is 3.15. The number of nitrogens with one attached hydrogen (secondary N) is 1. The summed E-state index contributed by atoms with van der Waals surface area (Å²) in [5.74, 6) is 1.21. The number of piperidine rings is 1. The Balaban J connectivity index is 0.00000162. The van der Waals surface area contributed by atoms with Crippen LogP contribution in [0.1, 0.15) is 29.1 Å². The molecule has 0 bridgehead atoms. The van der Waals surface area contributed by atoms with Gasteiger partial charge in [0.1, 0.15) is 5.76 Å². The number of aryl methyl sites for hydroxylation is 1. The van der Waals surface area contributed by atoms with Crippen LogP contribution in [-0.2, 0) is 0 Å². The average Bonchev–Trinajstić information content (AvgIpc) is 2.76. The van der Waals surface area contributed by atoms with E-state index in [1.54, 1.807) is 13.0 Å². The summed E-state index contributed by atoms with van der Waals surface area (Å²) in [4.78, 5) is 14.0. The second kappa shape index (κ2) is 6.75. The number of halogens is 1. The summed E-state index contributed by atoms with van der Waals surface area (Å²) in [5, 5.41) is 6.95. The molecule has 0 aliphatic carbocycles. The molecule has 18 heavy (non-hydrogen) atoms. The number of amides is 1. The molecule has 0 spiro atoms. The Morgan fingerprint density at radius 2 is 2.44 bits per heavy atom. The highest BCUT2D eigenvalue weighted by molar-refractivity contribution is 5.92. The summed E-state index contributed by atoms with van der Waals surface area (Å²) in [7, 11) is 1.95. The van der Waals surface area contributed by atoms with Crippen LogP contribution in [0, 0.1) is 12.8 Å². The third-order valence-corrected chi connectivity index (χ3v) is 3.15. The Bertz CT molecular complexity index is 392. The van der Waals surface area contributed by atoms with Crippen molar-refractivity contribution >= 4 is 18.3 Å². The molecule has 1 aromatic heterocycles. The molecule has 1 aromatic rings. The maximum absolute atomic E-state index is 12.1. The number of aromatic nitrogens is 1. The van der Waals surface area contributed by atoms with Crippen LogP contribution in [0.2, 0.25) is 0 Å². The standard InChI is InChI=1S/C12H19N3O2.ClH/c1-9-6-11(14-17-9)12(16)15-5-3-4-10(8-15)7-13-2;/h6,10,13H,3-5,7-8H2,1-2H3;1H. The Labute approximate surface area is 113 Å². The van der Waals surface area contributed by atoms with Crippen LogP contribution >= 0.6 is 12.4 Å². The predicted octanol–water partition coefficient (Wildman–Crippen LogP) is 1.48. The molecule has 2 heterocycles. The second-order valence-corrected chi connectivity index (χ2v) is 4.64. The molecule has 1 unspecified atom stereocenters. The minimum absolute atomic E-state index is 0. The van der Waals surface area contributed by atoms with Crippen molar-refractivity contribution in [2.75, 3.05) is 26.7 Å². The number of rotatable bonds is 3. The van der Waals surface area contributed by atoms with Crippen LogP contribution in [0.4, 0.5) is 0 Å². The number of carbonyl (C=O) groups is 1. The smallest absolute Gasteiger partial charge is 0.276 e. The zero-order valence-corrected chi connectivity index (χ0v) is 11.6. The van der Waals surface area contributed by atoms with E-state index in [-0.39, 0.29) is 18.3 Å². The molecule has 1 amide bonds. The molecule has 2 rings (SSSR count). The Hall–Kier alpha value is -1.07. The predicted molar refractivity (Wildman–Crippen MR) is 71.0 cm³/mol. The molecule has 0 radical (unpaired) electrons. The average molecular weight is 274 g/mol. The van der Waals surface area contributed by atoms with Gasteiger partial charge in [0.2, 0.25) is 0 Å². The van der Waals surface area contributed by atoms with E-state index in [0.29, 0.717) is 17.4 Å². The first-order chi connectivity index (χ1) is 8.20. The van der Waals surface area contributed by atoms with Crippen molar-refractivity contribution in [3.8, 4) is 0 Å². The first-order valence-corrected chi connectivity index (χ1v) is 6.08. The fraction of sp³-hybridized carbons (Fsp3) is 0.667. The van der Waals surface area contributed by atoms with Crippen molar-refractivity contribution in [1.82, 2.24) is 15.4 Å². The Morgan fingerprint density at radius 3 is 3.06 bits per heavy atom. The van der Waals surface area contributed by atoms with Crippen molar-refractivity contribution in [3.05, 3.63) is 17.5 Å². The van der Waals surface area contributed by atoms with Crippen LogP contribution in [-0.4, -0.2) is 42.6 Å². The van der Waals surface area contributed by atoms with Crippen molar-refractivity contribution in [3.63, 3.8) is 0 Å². The van der Waals surface area contributed by atoms with Gasteiger partial charge in [0.25, 0.3) is 5.91 Å². The maximum Gasteiger partial charge on any atom is 0.276 e. The second-order valence-electron chi connectivity index (χ2n) is 4.64. The highest BCUT2D eigenvalue weighted by Gasteiger charge is 2.25. The van der Waals surface area contributed by atoms with Gasteiger partial charge >= 0.3 is 0 Å². The van der Waals surface area contributed by atoms with Gasteiger partial charge in [0.05, 0.1) is 0 Å². The van der Waals surface area contributed by atoms with E-state index >= 15 is 0 Å². The molecule has 0 saturated carbocycles. The molecule has 6 heteroatoms. The van der Waals surface area contributed by atoms with Crippen molar-refractivity contribution in [2.45, 2.75) is 19.8 Å². The van der Waals surface area contributed by atoms with E-state index in [0.717, 1.165) is 26.1 Å². The lowest BCUT2D eigenvalue weighted by Crippen LogP contribution is -2.42. The van der Waals surface area contributed by atoms with E-state index in [1.807, 2.05) is 11.9 Å². The summed E-state index contributed by atoms with van der Waals surface area (Å²) >= 11 is 0. The molecule has 102 valence electrons. The van der Waals surface area contributed by atoms with Gasteiger partial charge < -0.3 is 14.7 Å². The van der Waals surface area contributed by atoms with Crippen LogP contribution in [0.15, 0.2) is 10.6 Å².